The van der Waals surface area contributed by atoms with Crippen LogP contribution in [-0.2, 0) is 0 Å². The molecule has 2 rings (SSSR count). The van der Waals surface area contributed by atoms with Crippen LogP contribution in [0.5, 0.6) is 0 Å². The molecule has 0 aromatic heterocycles. The van der Waals surface area contributed by atoms with Crippen molar-refractivity contribution in [3.63, 3.8) is 0 Å². The zero-order chi connectivity index (χ0) is 13.4. The van der Waals surface area contributed by atoms with E-state index < -0.39 is 11.2 Å². The molecule has 2 N–H and O–H groups in total. The molecule has 104 valence electrons. The van der Waals surface area contributed by atoms with Gasteiger partial charge in [0.05, 0.1) is 11.2 Å². The number of carbonyl (C=O) groups excluding carboxylic acids is 1. The number of amides is 2. The van der Waals surface area contributed by atoms with Crippen LogP contribution in [-0.4, -0.2) is 63.4 Å². The summed E-state index contributed by atoms with van der Waals surface area (Å²) in [5.74, 6) is 0. The molecule has 0 bridgehead atoms. The summed E-state index contributed by atoms with van der Waals surface area (Å²) in [5.41, 5.74) is -1.25. The Labute approximate surface area is 108 Å². The summed E-state index contributed by atoms with van der Waals surface area (Å²) < 4.78 is 0. The lowest BCUT2D eigenvalue weighted by atomic mass is 9.93. The van der Waals surface area contributed by atoms with E-state index in [4.69, 9.17) is 0 Å². The highest BCUT2D eigenvalue weighted by atomic mass is 16.3. The van der Waals surface area contributed by atoms with Gasteiger partial charge in [0.2, 0.25) is 0 Å². The van der Waals surface area contributed by atoms with Crippen LogP contribution < -0.4 is 0 Å². The minimum Gasteiger partial charge on any atom is -0.390 e. The first-order valence-electron chi connectivity index (χ1n) is 6.78. The van der Waals surface area contributed by atoms with Gasteiger partial charge in [-0.2, -0.15) is 0 Å². The number of piperidine rings is 2. The molecule has 0 aromatic carbocycles. The van der Waals surface area contributed by atoms with Crippen LogP contribution in [0.2, 0.25) is 0 Å². The van der Waals surface area contributed by atoms with E-state index in [2.05, 4.69) is 0 Å². The summed E-state index contributed by atoms with van der Waals surface area (Å²) in [7, 11) is 0. The fourth-order valence-corrected chi connectivity index (χ4v) is 2.56. The van der Waals surface area contributed by atoms with Gasteiger partial charge >= 0.3 is 6.03 Å². The van der Waals surface area contributed by atoms with Crippen molar-refractivity contribution in [1.29, 1.82) is 0 Å². The van der Waals surface area contributed by atoms with E-state index in [1.165, 1.54) is 0 Å². The largest absolute Gasteiger partial charge is 0.390 e. The van der Waals surface area contributed by atoms with Gasteiger partial charge in [-0.05, 0) is 39.5 Å². The van der Waals surface area contributed by atoms with E-state index in [1.807, 2.05) is 23.6 Å². The van der Waals surface area contributed by atoms with Crippen LogP contribution >= 0.6 is 0 Å². The predicted octanol–water partition coefficient (Wildman–Crippen LogP) is 0.800. The molecule has 0 radical (unpaired) electrons. The Morgan fingerprint density at radius 3 is 1.39 bits per heavy atom. The lowest BCUT2D eigenvalue weighted by Crippen LogP contribution is -2.53. The van der Waals surface area contributed by atoms with Gasteiger partial charge in [-0.1, -0.05) is 0 Å². The molecule has 0 aromatic rings. The third-order valence-electron chi connectivity index (χ3n) is 4.22. The molecule has 0 unspecified atom stereocenters. The van der Waals surface area contributed by atoms with Gasteiger partial charge < -0.3 is 20.0 Å². The smallest absolute Gasteiger partial charge is 0.320 e. The molecular formula is C13H24N2O3. The highest BCUT2D eigenvalue weighted by Crippen LogP contribution is 2.25. The van der Waals surface area contributed by atoms with Crippen molar-refractivity contribution in [2.75, 3.05) is 26.2 Å². The SMILES string of the molecule is CC1(O)CCN(C(=O)N2CCC(C)(O)CC2)CC1. The maximum atomic E-state index is 12.3. The van der Waals surface area contributed by atoms with Gasteiger partial charge in [-0.15, -0.1) is 0 Å². The quantitative estimate of drug-likeness (QED) is 0.674. The van der Waals surface area contributed by atoms with Crippen molar-refractivity contribution in [3.05, 3.63) is 0 Å². The standard InChI is InChI=1S/C13H24N2O3/c1-12(17)3-7-14(8-4-12)11(16)15-9-5-13(2,18)6-10-15/h17-18H,3-10H2,1-2H3. The average molecular weight is 256 g/mol. The Bertz CT molecular complexity index is 278. The number of hydrogen-bond donors (Lipinski definition) is 2. The maximum Gasteiger partial charge on any atom is 0.320 e. The molecule has 2 saturated heterocycles. The molecule has 0 atom stereocenters. The summed E-state index contributed by atoms with van der Waals surface area (Å²) in [6.45, 7) is 6.15. The second-order valence-electron chi connectivity index (χ2n) is 6.25. The van der Waals surface area contributed by atoms with E-state index in [1.54, 1.807) is 0 Å². The second kappa shape index (κ2) is 4.70. The lowest BCUT2D eigenvalue weighted by molar-refractivity contribution is -0.0136. The van der Waals surface area contributed by atoms with Crippen molar-refractivity contribution < 1.29 is 15.0 Å². The Morgan fingerprint density at radius 1 is 0.833 bits per heavy atom. The van der Waals surface area contributed by atoms with Crippen molar-refractivity contribution in [2.24, 2.45) is 0 Å². The summed E-state index contributed by atoms with van der Waals surface area (Å²) in [5, 5.41) is 19.7. The molecule has 5 heteroatoms. The minimum absolute atomic E-state index is 0.0565. The van der Waals surface area contributed by atoms with E-state index in [-0.39, 0.29) is 6.03 Å². The van der Waals surface area contributed by atoms with E-state index in [9.17, 15) is 15.0 Å². The zero-order valence-corrected chi connectivity index (χ0v) is 11.4. The van der Waals surface area contributed by atoms with Crippen LogP contribution in [0.1, 0.15) is 39.5 Å². The molecule has 2 heterocycles. The Hall–Kier alpha value is -0.810. The summed E-state index contributed by atoms with van der Waals surface area (Å²) in [6, 6.07) is 0.0565. The molecule has 2 aliphatic rings. The molecule has 5 nitrogen and oxygen atoms in total. The third kappa shape index (κ3) is 3.14. The van der Waals surface area contributed by atoms with Gasteiger partial charge in [0, 0.05) is 26.2 Å². The van der Waals surface area contributed by atoms with Crippen molar-refractivity contribution in [3.8, 4) is 0 Å². The van der Waals surface area contributed by atoms with Crippen LogP contribution in [0.3, 0.4) is 0 Å². The van der Waals surface area contributed by atoms with E-state index >= 15 is 0 Å². The summed E-state index contributed by atoms with van der Waals surface area (Å²) >= 11 is 0. The lowest BCUT2D eigenvalue weighted by Gasteiger charge is -2.41. The van der Waals surface area contributed by atoms with Crippen LogP contribution in [0, 0.1) is 0 Å². The van der Waals surface area contributed by atoms with Gasteiger partial charge in [-0.3, -0.25) is 0 Å². The second-order valence-corrected chi connectivity index (χ2v) is 6.25. The molecule has 0 saturated carbocycles. The summed E-state index contributed by atoms with van der Waals surface area (Å²) in [4.78, 5) is 15.9. The number of likely N-dealkylation sites (tertiary alicyclic amines) is 2. The van der Waals surface area contributed by atoms with Gasteiger partial charge in [-0.25, -0.2) is 4.79 Å². The fraction of sp³-hybridized carbons (Fsp3) is 0.923. The van der Waals surface area contributed by atoms with Gasteiger partial charge in [0.25, 0.3) is 0 Å². The van der Waals surface area contributed by atoms with Crippen molar-refractivity contribution in [2.45, 2.75) is 50.7 Å². The number of carbonyl (C=O) groups is 1. The van der Waals surface area contributed by atoms with E-state index in [0.29, 0.717) is 51.9 Å². The topological polar surface area (TPSA) is 64.0 Å². The van der Waals surface area contributed by atoms with Crippen molar-refractivity contribution >= 4 is 6.03 Å². The Kier molecular flexibility index (Phi) is 3.56. The Balaban J connectivity index is 1.86. The number of hydrogen-bond acceptors (Lipinski definition) is 3. The normalized spacial score (nSPS) is 27.1. The predicted molar refractivity (Wildman–Crippen MR) is 68.3 cm³/mol. The molecule has 0 spiro atoms. The molecule has 2 aliphatic heterocycles. The number of urea groups is 1. The summed E-state index contributed by atoms with van der Waals surface area (Å²) in [6.07, 6.45) is 2.57. The third-order valence-corrected chi connectivity index (χ3v) is 4.22. The minimum atomic E-state index is -0.623. The first kappa shape index (κ1) is 13.6. The monoisotopic (exact) mass is 256 g/mol. The maximum absolute atomic E-state index is 12.3. The molecule has 0 aliphatic carbocycles. The zero-order valence-electron chi connectivity index (χ0n) is 11.4. The van der Waals surface area contributed by atoms with Crippen LogP contribution in [0.25, 0.3) is 0 Å². The van der Waals surface area contributed by atoms with Gasteiger partial charge in [0.1, 0.15) is 0 Å². The van der Waals surface area contributed by atoms with Gasteiger partial charge in [0.15, 0.2) is 0 Å². The number of rotatable bonds is 0. The molecule has 2 amide bonds. The molecular weight excluding hydrogens is 232 g/mol. The molecule has 18 heavy (non-hydrogen) atoms. The fourth-order valence-electron chi connectivity index (χ4n) is 2.56. The number of aliphatic hydroxyl groups is 2. The highest BCUT2D eigenvalue weighted by Gasteiger charge is 2.34. The van der Waals surface area contributed by atoms with Crippen LogP contribution in [0.15, 0.2) is 0 Å². The van der Waals surface area contributed by atoms with Crippen molar-refractivity contribution in [1.82, 2.24) is 9.80 Å². The average Bonchev–Trinajstić information content (AvgIpc) is 2.28. The first-order valence-corrected chi connectivity index (χ1v) is 6.78. The van der Waals surface area contributed by atoms with E-state index in [0.717, 1.165) is 0 Å². The Morgan fingerprint density at radius 2 is 1.11 bits per heavy atom. The first-order chi connectivity index (χ1) is 8.29. The highest BCUT2D eigenvalue weighted by molar-refractivity contribution is 5.74. The van der Waals surface area contributed by atoms with Crippen LogP contribution in [0.4, 0.5) is 4.79 Å². The molecule has 2 fully saturated rings. The number of nitrogens with zero attached hydrogens (tertiary/aromatic N) is 2.